The van der Waals surface area contributed by atoms with Gasteiger partial charge in [0.1, 0.15) is 11.3 Å². The van der Waals surface area contributed by atoms with Gasteiger partial charge >= 0.3 is 5.97 Å². The Balaban J connectivity index is 4.84. The number of methoxy groups -OCH3 is 1. The summed E-state index contributed by atoms with van der Waals surface area (Å²) in [5.41, 5.74) is 1.19. The van der Waals surface area contributed by atoms with E-state index < -0.39 is 5.97 Å². The van der Waals surface area contributed by atoms with E-state index in [0.717, 1.165) is 12.0 Å². The number of carboxylic acids is 1. The van der Waals surface area contributed by atoms with Gasteiger partial charge < -0.3 is 9.84 Å². The Kier molecular flexibility index (Phi) is 5.37. The molecule has 1 N–H and O–H groups in total. The highest BCUT2D eigenvalue weighted by atomic mass is 16.5. The van der Waals surface area contributed by atoms with E-state index in [1.807, 2.05) is 13.8 Å². The fourth-order valence-electron chi connectivity index (χ4n) is 0.737. The lowest BCUT2D eigenvalue weighted by Crippen LogP contribution is -2.03. The topological polar surface area (TPSA) is 46.5 Å². The standard InChI is InChI=1S/C11H16O3/c1-5-8(2)6-7-10(11(12)13)9(3)14-4/h6-7H,3,5H2,1-2,4H3,(H,12,13)/b8-6-,10-7+. The molecule has 0 fully saturated rings. The third-order valence-electron chi connectivity index (χ3n) is 1.87. The Bertz CT molecular complexity index is 285. The van der Waals surface area contributed by atoms with Crippen molar-refractivity contribution in [2.24, 2.45) is 0 Å². The van der Waals surface area contributed by atoms with Gasteiger partial charge in [-0.15, -0.1) is 0 Å². The molecule has 3 nitrogen and oxygen atoms in total. The molecule has 0 unspecified atom stereocenters. The maximum Gasteiger partial charge on any atom is 0.339 e. The monoisotopic (exact) mass is 196 g/mol. The molecule has 0 saturated heterocycles. The largest absolute Gasteiger partial charge is 0.496 e. The smallest absolute Gasteiger partial charge is 0.339 e. The third kappa shape index (κ3) is 3.94. The highest BCUT2D eigenvalue weighted by Gasteiger charge is 2.10. The first-order valence-corrected chi connectivity index (χ1v) is 4.37. The van der Waals surface area contributed by atoms with Crippen molar-refractivity contribution in [1.82, 2.24) is 0 Å². The molecule has 0 radical (unpaired) electrons. The van der Waals surface area contributed by atoms with Crippen molar-refractivity contribution in [3.8, 4) is 0 Å². The summed E-state index contributed by atoms with van der Waals surface area (Å²) in [4.78, 5) is 10.8. The molecule has 0 aliphatic rings. The first-order chi connectivity index (χ1) is 6.52. The number of carboxylic acid groups (broad SMARTS) is 1. The van der Waals surface area contributed by atoms with Gasteiger partial charge in [-0.3, -0.25) is 0 Å². The zero-order chi connectivity index (χ0) is 11.1. The maximum absolute atomic E-state index is 10.8. The van der Waals surface area contributed by atoms with Crippen LogP contribution in [0.1, 0.15) is 20.3 Å². The molecule has 0 saturated carbocycles. The highest BCUT2D eigenvalue weighted by molar-refractivity contribution is 5.91. The zero-order valence-corrected chi connectivity index (χ0v) is 8.83. The van der Waals surface area contributed by atoms with Crippen LogP contribution in [0.4, 0.5) is 0 Å². The molecular weight excluding hydrogens is 180 g/mol. The summed E-state index contributed by atoms with van der Waals surface area (Å²) in [6, 6.07) is 0. The Hall–Kier alpha value is -1.51. The number of hydrogen-bond acceptors (Lipinski definition) is 2. The number of rotatable bonds is 5. The van der Waals surface area contributed by atoms with Gasteiger partial charge in [0.15, 0.2) is 0 Å². The molecular formula is C11H16O3. The van der Waals surface area contributed by atoms with Gasteiger partial charge in [0.2, 0.25) is 0 Å². The summed E-state index contributed by atoms with van der Waals surface area (Å²) in [5.74, 6) is -0.866. The molecule has 0 aromatic carbocycles. The van der Waals surface area contributed by atoms with Gasteiger partial charge in [0, 0.05) is 0 Å². The predicted octanol–water partition coefficient (Wildman–Crippen LogP) is 2.51. The lowest BCUT2D eigenvalue weighted by molar-refractivity contribution is -0.132. The van der Waals surface area contributed by atoms with E-state index in [4.69, 9.17) is 9.84 Å². The lowest BCUT2D eigenvalue weighted by atomic mass is 10.1. The molecule has 0 aliphatic heterocycles. The summed E-state index contributed by atoms with van der Waals surface area (Å²) >= 11 is 0. The van der Waals surface area contributed by atoms with E-state index in [2.05, 4.69) is 6.58 Å². The molecule has 78 valence electrons. The van der Waals surface area contributed by atoms with E-state index in [9.17, 15) is 4.79 Å². The van der Waals surface area contributed by atoms with Gasteiger partial charge in [0.05, 0.1) is 7.11 Å². The van der Waals surface area contributed by atoms with Crippen LogP contribution in [0.2, 0.25) is 0 Å². The third-order valence-corrected chi connectivity index (χ3v) is 1.87. The average molecular weight is 196 g/mol. The van der Waals surface area contributed by atoms with E-state index in [-0.39, 0.29) is 11.3 Å². The van der Waals surface area contributed by atoms with E-state index in [0.29, 0.717) is 0 Å². The number of allylic oxidation sites excluding steroid dienone is 3. The second-order valence-electron chi connectivity index (χ2n) is 2.88. The zero-order valence-electron chi connectivity index (χ0n) is 8.83. The molecule has 0 aromatic heterocycles. The molecule has 14 heavy (non-hydrogen) atoms. The van der Waals surface area contributed by atoms with Crippen LogP contribution in [-0.4, -0.2) is 18.2 Å². The molecule has 0 spiro atoms. The van der Waals surface area contributed by atoms with Crippen LogP contribution in [0.25, 0.3) is 0 Å². The SMILES string of the molecule is C=C(OC)/C(=C\C=C(\C)CC)C(=O)O. The van der Waals surface area contributed by atoms with Crippen LogP contribution in [0.15, 0.2) is 35.6 Å². The summed E-state index contributed by atoms with van der Waals surface area (Å²) in [5, 5.41) is 8.82. The van der Waals surface area contributed by atoms with E-state index in [1.165, 1.54) is 13.2 Å². The first kappa shape index (κ1) is 12.5. The van der Waals surface area contributed by atoms with Crippen LogP contribution < -0.4 is 0 Å². The summed E-state index contributed by atoms with van der Waals surface area (Å²) in [6.45, 7) is 7.44. The molecule has 3 heteroatoms. The quantitative estimate of drug-likeness (QED) is 0.417. The fraction of sp³-hybridized carbons (Fsp3) is 0.364. The van der Waals surface area contributed by atoms with Gasteiger partial charge in [-0.05, 0) is 19.4 Å². The van der Waals surface area contributed by atoms with Crippen LogP contribution in [0, 0.1) is 0 Å². The van der Waals surface area contributed by atoms with Gasteiger partial charge in [-0.2, -0.15) is 0 Å². The van der Waals surface area contributed by atoms with Crippen LogP contribution in [0.3, 0.4) is 0 Å². The molecule has 0 rings (SSSR count). The number of aliphatic carboxylic acids is 1. The van der Waals surface area contributed by atoms with Crippen molar-refractivity contribution < 1.29 is 14.6 Å². The van der Waals surface area contributed by atoms with Crippen molar-refractivity contribution in [2.75, 3.05) is 7.11 Å². The number of carbonyl (C=O) groups is 1. The number of ether oxygens (including phenoxy) is 1. The van der Waals surface area contributed by atoms with Crippen molar-refractivity contribution in [1.29, 1.82) is 0 Å². The van der Waals surface area contributed by atoms with Crippen molar-refractivity contribution in [2.45, 2.75) is 20.3 Å². The average Bonchev–Trinajstić information content (AvgIpc) is 2.16. The van der Waals surface area contributed by atoms with Crippen LogP contribution >= 0.6 is 0 Å². The van der Waals surface area contributed by atoms with E-state index in [1.54, 1.807) is 6.08 Å². The van der Waals surface area contributed by atoms with Gasteiger partial charge in [0.25, 0.3) is 0 Å². The summed E-state index contributed by atoms with van der Waals surface area (Å²) < 4.78 is 4.77. The van der Waals surface area contributed by atoms with Crippen LogP contribution in [0.5, 0.6) is 0 Å². The minimum absolute atomic E-state index is 0.0836. The highest BCUT2D eigenvalue weighted by Crippen LogP contribution is 2.10. The molecule has 0 bridgehead atoms. The van der Waals surface area contributed by atoms with Gasteiger partial charge in [-0.1, -0.05) is 25.2 Å². The van der Waals surface area contributed by atoms with E-state index >= 15 is 0 Å². The van der Waals surface area contributed by atoms with Crippen molar-refractivity contribution >= 4 is 5.97 Å². The Morgan fingerprint density at radius 1 is 1.50 bits per heavy atom. The minimum Gasteiger partial charge on any atom is -0.496 e. The lowest BCUT2D eigenvalue weighted by Gasteiger charge is -2.03. The Morgan fingerprint density at radius 3 is 2.43 bits per heavy atom. The molecule has 0 heterocycles. The summed E-state index contributed by atoms with van der Waals surface area (Å²) in [6.07, 6.45) is 4.16. The predicted molar refractivity (Wildman–Crippen MR) is 55.9 cm³/mol. The fourth-order valence-corrected chi connectivity index (χ4v) is 0.737. The van der Waals surface area contributed by atoms with Gasteiger partial charge in [-0.25, -0.2) is 4.79 Å². The second-order valence-corrected chi connectivity index (χ2v) is 2.88. The van der Waals surface area contributed by atoms with Crippen molar-refractivity contribution in [3.63, 3.8) is 0 Å². The second kappa shape index (κ2) is 6.02. The number of hydrogen-bond donors (Lipinski definition) is 1. The summed E-state index contributed by atoms with van der Waals surface area (Å²) in [7, 11) is 1.40. The molecule has 0 amide bonds. The molecule has 0 aromatic rings. The van der Waals surface area contributed by atoms with Crippen LogP contribution in [-0.2, 0) is 9.53 Å². The molecule has 0 aliphatic carbocycles. The normalized spacial score (nSPS) is 12.5. The Morgan fingerprint density at radius 2 is 2.07 bits per heavy atom. The molecule has 0 atom stereocenters. The van der Waals surface area contributed by atoms with Crippen molar-refractivity contribution in [3.05, 3.63) is 35.6 Å². The minimum atomic E-state index is -1.03. The maximum atomic E-state index is 10.8. The Labute approximate surface area is 84.4 Å². The first-order valence-electron chi connectivity index (χ1n) is 4.37.